The Hall–Kier alpha value is -3.55. The van der Waals surface area contributed by atoms with Gasteiger partial charge in [-0.15, -0.1) is 0 Å². The van der Waals surface area contributed by atoms with Gasteiger partial charge in [-0.25, -0.2) is 0 Å². The molecule has 0 heterocycles. The monoisotopic (exact) mass is 482 g/mol. The number of anilines is 2. The minimum Gasteiger partial charge on any atom is -0.495 e. The second-order valence-corrected chi connectivity index (χ2v) is 8.33. The van der Waals surface area contributed by atoms with Crippen LogP contribution in [0.25, 0.3) is 0 Å². The first-order valence-electron chi connectivity index (χ1n) is 10.8. The predicted octanol–water partition coefficient (Wildman–Crippen LogP) is 3.82. The molecule has 0 radical (unpaired) electrons. The second kappa shape index (κ2) is 11.5. The van der Waals surface area contributed by atoms with E-state index < -0.39 is 0 Å². The summed E-state index contributed by atoms with van der Waals surface area (Å²) in [5, 5.41) is 6.17. The molecule has 2 amide bonds. The molecule has 0 aliphatic rings. The maximum absolute atomic E-state index is 12.7. The number of hydrogen-bond donors (Lipinski definition) is 3. The molecule has 3 aromatic rings. The fraction of sp³-hybridized carbons (Fsp3) is 0.231. The molecule has 0 saturated heterocycles. The number of hydrogen-bond acceptors (Lipinski definition) is 4. The van der Waals surface area contributed by atoms with Crippen molar-refractivity contribution in [1.29, 1.82) is 0 Å². The maximum Gasteiger partial charge on any atom is 0.279 e. The van der Waals surface area contributed by atoms with E-state index in [0.29, 0.717) is 33.5 Å². The van der Waals surface area contributed by atoms with E-state index in [4.69, 9.17) is 21.1 Å². The third-order valence-corrected chi connectivity index (χ3v) is 5.90. The van der Waals surface area contributed by atoms with Crippen LogP contribution in [0, 0.1) is 0 Å². The first-order chi connectivity index (χ1) is 16.3. The number of nitrogens with one attached hydrogen (secondary N) is 3. The second-order valence-electron chi connectivity index (χ2n) is 7.93. The van der Waals surface area contributed by atoms with Crippen LogP contribution in [-0.2, 0) is 4.79 Å². The van der Waals surface area contributed by atoms with Gasteiger partial charge in [0.15, 0.2) is 6.54 Å². The van der Waals surface area contributed by atoms with Gasteiger partial charge in [0, 0.05) is 22.9 Å². The number of likely N-dealkylation sites (N-methyl/N-ethyl adjacent to an activating group) is 1. The van der Waals surface area contributed by atoms with E-state index in [2.05, 4.69) is 10.6 Å². The Morgan fingerprint density at radius 2 is 1.65 bits per heavy atom. The Morgan fingerprint density at radius 3 is 2.32 bits per heavy atom. The number of methoxy groups -OCH3 is 2. The summed E-state index contributed by atoms with van der Waals surface area (Å²) >= 11 is 6.20. The summed E-state index contributed by atoms with van der Waals surface area (Å²) in [5.74, 6) is 0.573. The summed E-state index contributed by atoms with van der Waals surface area (Å²) in [5.41, 5.74) is 2.77. The number of quaternary nitrogens is 1. The van der Waals surface area contributed by atoms with Crippen LogP contribution in [0.3, 0.4) is 0 Å². The number of benzene rings is 3. The highest BCUT2D eigenvalue weighted by Gasteiger charge is 2.21. The molecule has 3 N–H and O–H groups in total. The van der Waals surface area contributed by atoms with Crippen molar-refractivity contribution in [1.82, 2.24) is 0 Å². The van der Waals surface area contributed by atoms with Crippen LogP contribution in [0.15, 0.2) is 66.7 Å². The number of amides is 2. The summed E-state index contributed by atoms with van der Waals surface area (Å²) in [4.78, 5) is 26.2. The zero-order valence-corrected chi connectivity index (χ0v) is 20.4. The third-order valence-electron chi connectivity index (χ3n) is 5.61. The van der Waals surface area contributed by atoms with E-state index in [1.165, 1.54) is 14.2 Å². The molecule has 178 valence electrons. The lowest BCUT2D eigenvalue weighted by Crippen LogP contribution is -3.10. The molecular formula is C26H29ClN3O4+. The molecule has 3 rings (SSSR count). The predicted molar refractivity (Wildman–Crippen MR) is 134 cm³/mol. The summed E-state index contributed by atoms with van der Waals surface area (Å²) in [6, 6.07) is 19.9. The Bertz CT molecular complexity index is 1150. The lowest BCUT2D eigenvalue weighted by Gasteiger charge is -2.22. The quantitative estimate of drug-likeness (QED) is 0.433. The van der Waals surface area contributed by atoms with E-state index in [0.717, 1.165) is 10.5 Å². The number of carbonyl (C=O) groups excluding carboxylic acids is 2. The third kappa shape index (κ3) is 6.27. The summed E-state index contributed by atoms with van der Waals surface area (Å²) in [6.07, 6.45) is 0. The first kappa shape index (κ1) is 25.1. The first-order valence-corrected chi connectivity index (χ1v) is 11.2. The van der Waals surface area contributed by atoms with Crippen molar-refractivity contribution in [3.05, 3.63) is 82.9 Å². The SMILES string of the molecule is COc1cc(OC)c(NC(=O)C[NH+](C)C(C)c2cccc(NC(=O)c3ccccc3)c2)cc1Cl. The van der Waals surface area contributed by atoms with Gasteiger partial charge >= 0.3 is 0 Å². The van der Waals surface area contributed by atoms with Crippen LogP contribution in [0.1, 0.15) is 28.9 Å². The van der Waals surface area contributed by atoms with Crippen molar-refractivity contribution in [2.75, 3.05) is 38.4 Å². The fourth-order valence-corrected chi connectivity index (χ4v) is 3.76. The van der Waals surface area contributed by atoms with Crippen LogP contribution in [0.4, 0.5) is 11.4 Å². The van der Waals surface area contributed by atoms with Crippen molar-refractivity contribution >= 4 is 34.8 Å². The molecule has 2 unspecified atom stereocenters. The van der Waals surface area contributed by atoms with Gasteiger partial charge in [-0.05, 0) is 37.3 Å². The average Bonchev–Trinajstić information content (AvgIpc) is 2.84. The van der Waals surface area contributed by atoms with Gasteiger partial charge in [0.1, 0.15) is 17.5 Å². The molecule has 0 saturated carbocycles. The van der Waals surface area contributed by atoms with E-state index in [9.17, 15) is 9.59 Å². The largest absolute Gasteiger partial charge is 0.495 e. The van der Waals surface area contributed by atoms with E-state index in [1.54, 1.807) is 24.3 Å². The molecule has 0 aliphatic carbocycles. The fourth-order valence-electron chi connectivity index (χ4n) is 3.52. The number of ether oxygens (including phenoxy) is 2. The van der Waals surface area contributed by atoms with Crippen molar-refractivity contribution in [3.8, 4) is 11.5 Å². The van der Waals surface area contributed by atoms with Crippen LogP contribution < -0.4 is 25.0 Å². The Balaban J connectivity index is 1.65. The Kier molecular flexibility index (Phi) is 8.51. The number of halogens is 1. The highest BCUT2D eigenvalue weighted by Crippen LogP contribution is 2.35. The standard InChI is InChI=1S/C26H28ClN3O4/c1-17(19-11-8-12-20(13-19)28-26(32)18-9-6-5-7-10-18)30(2)16-25(31)29-22-14-21(27)23(33-3)15-24(22)34-4/h5-15,17H,16H2,1-4H3,(H,28,32)(H,29,31)/p+1. The number of rotatable bonds is 9. The van der Waals surface area contributed by atoms with Crippen LogP contribution >= 0.6 is 11.6 Å². The molecule has 0 bridgehead atoms. The maximum atomic E-state index is 12.7. The van der Waals surface area contributed by atoms with Gasteiger partial charge in [0.25, 0.3) is 11.8 Å². The molecule has 0 spiro atoms. The summed E-state index contributed by atoms with van der Waals surface area (Å²) in [7, 11) is 4.97. The van der Waals surface area contributed by atoms with E-state index >= 15 is 0 Å². The normalized spacial score (nSPS) is 12.4. The van der Waals surface area contributed by atoms with E-state index in [1.807, 2.05) is 56.4 Å². The lowest BCUT2D eigenvalue weighted by molar-refractivity contribution is -0.902. The zero-order valence-electron chi connectivity index (χ0n) is 19.6. The highest BCUT2D eigenvalue weighted by molar-refractivity contribution is 6.32. The molecule has 0 aromatic heterocycles. The topological polar surface area (TPSA) is 81.1 Å². The van der Waals surface area contributed by atoms with Gasteiger partial charge in [-0.2, -0.15) is 0 Å². The van der Waals surface area contributed by atoms with Gasteiger partial charge in [0.05, 0.1) is 32.0 Å². The lowest BCUT2D eigenvalue weighted by atomic mass is 10.1. The summed E-state index contributed by atoms with van der Waals surface area (Å²) < 4.78 is 10.5. The van der Waals surface area contributed by atoms with Crippen LogP contribution in [-0.4, -0.2) is 39.6 Å². The van der Waals surface area contributed by atoms with Gasteiger partial charge in [-0.3, -0.25) is 9.59 Å². The minimum absolute atomic E-state index is 0.000628. The highest BCUT2D eigenvalue weighted by atomic mass is 35.5. The summed E-state index contributed by atoms with van der Waals surface area (Å²) in [6.45, 7) is 2.25. The smallest absolute Gasteiger partial charge is 0.279 e. The Morgan fingerprint density at radius 1 is 0.941 bits per heavy atom. The van der Waals surface area contributed by atoms with Crippen molar-refractivity contribution in [3.63, 3.8) is 0 Å². The Labute approximate surface area is 204 Å². The van der Waals surface area contributed by atoms with Crippen molar-refractivity contribution in [2.24, 2.45) is 0 Å². The van der Waals surface area contributed by atoms with Crippen LogP contribution in [0.5, 0.6) is 11.5 Å². The molecule has 8 heteroatoms. The van der Waals surface area contributed by atoms with Gasteiger partial charge < -0.3 is 25.0 Å². The average molecular weight is 483 g/mol. The molecule has 0 aliphatic heterocycles. The van der Waals surface area contributed by atoms with E-state index in [-0.39, 0.29) is 24.4 Å². The number of carbonyl (C=O) groups is 2. The molecule has 34 heavy (non-hydrogen) atoms. The molecule has 0 fully saturated rings. The molecular weight excluding hydrogens is 454 g/mol. The van der Waals surface area contributed by atoms with Crippen molar-refractivity contribution in [2.45, 2.75) is 13.0 Å². The van der Waals surface area contributed by atoms with Gasteiger partial charge in [0.2, 0.25) is 0 Å². The molecule has 7 nitrogen and oxygen atoms in total. The zero-order chi connectivity index (χ0) is 24.7. The van der Waals surface area contributed by atoms with Crippen molar-refractivity contribution < 1.29 is 24.0 Å². The van der Waals surface area contributed by atoms with Crippen LogP contribution in [0.2, 0.25) is 5.02 Å². The molecule has 2 atom stereocenters. The molecule has 3 aromatic carbocycles. The van der Waals surface area contributed by atoms with Gasteiger partial charge in [-0.1, -0.05) is 41.9 Å². The minimum atomic E-state index is -0.183.